The van der Waals surface area contributed by atoms with E-state index in [1.54, 1.807) is 55.7 Å². The third kappa shape index (κ3) is 5.07. The normalized spacial score (nSPS) is 11.1. The predicted molar refractivity (Wildman–Crippen MR) is 134 cm³/mol. The van der Waals surface area contributed by atoms with E-state index < -0.39 is 11.8 Å². The van der Waals surface area contributed by atoms with Gasteiger partial charge < -0.3 is 20.1 Å². The largest absolute Gasteiger partial charge is 0.497 e. The minimum atomic E-state index is -0.473. The number of hydrogen-bond donors (Lipinski definition) is 2. The van der Waals surface area contributed by atoms with Gasteiger partial charge in [0.25, 0.3) is 11.8 Å². The van der Waals surface area contributed by atoms with Crippen LogP contribution < -0.4 is 20.1 Å². The molecule has 0 aromatic heterocycles. The molecule has 0 bridgehead atoms. The maximum Gasteiger partial charge on any atom is 0.272 e. The second-order valence-electron chi connectivity index (χ2n) is 7.46. The number of ether oxygens (including phenoxy) is 2. The van der Waals surface area contributed by atoms with Crippen molar-refractivity contribution in [2.75, 3.05) is 19.5 Å². The SMILES string of the molecule is COc1ccc(C(=O)NC(=Cc2cccc3ccccc23)C(=O)Nc2ccccc2OC)cc1. The first kappa shape index (κ1) is 22.6. The fourth-order valence-electron chi connectivity index (χ4n) is 3.56. The van der Waals surface area contributed by atoms with Crippen LogP contribution in [-0.4, -0.2) is 26.0 Å². The quantitative estimate of drug-likeness (QED) is 0.375. The lowest BCUT2D eigenvalue weighted by atomic mass is 10.0. The maximum atomic E-state index is 13.3. The van der Waals surface area contributed by atoms with Crippen LogP contribution in [0.25, 0.3) is 16.8 Å². The second-order valence-corrected chi connectivity index (χ2v) is 7.46. The van der Waals surface area contributed by atoms with Crippen LogP contribution in [0, 0.1) is 0 Å². The molecule has 0 spiro atoms. The Bertz CT molecular complexity index is 1360. The van der Waals surface area contributed by atoms with Gasteiger partial charge in [-0.05, 0) is 58.8 Å². The van der Waals surface area contributed by atoms with E-state index in [1.165, 1.54) is 7.11 Å². The van der Waals surface area contributed by atoms with E-state index in [9.17, 15) is 9.59 Å². The van der Waals surface area contributed by atoms with Crippen molar-refractivity contribution in [2.45, 2.75) is 0 Å². The van der Waals surface area contributed by atoms with Crippen molar-refractivity contribution < 1.29 is 19.1 Å². The predicted octanol–water partition coefficient (Wildman–Crippen LogP) is 5.27. The van der Waals surface area contributed by atoms with E-state index in [2.05, 4.69) is 10.6 Å². The van der Waals surface area contributed by atoms with Gasteiger partial charge in [-0.2, -0.15) is 0 Å². The molecule has 0 atom stereocenters. The lowest BCUT2D eigenvalue weighted by molar-refractivity contribution is -0.113. The Balaban J connectivity index is 1.71. The highest BCUT2D eigenvalue weighted by Gasteiger charge is 2.17. The van der Waals surface area contributed by atoms with Crippen LogP contribution in [0.4, 0.5) is 5.69 Å². The van der Waals surface area contributed by atoms with Gasteiger partial charge in [0.15, 0.2) is 0 Å². The molecule has 2 N–H and O–H groups in total. The number of hydrogen-bond acceptors (Lipinski definition) is 4. The lowest BCUT2D eigenvalue weighted by Crippen LogP contribution is -2.30. The van der Waals surface area contributed by atoms with Crippen molar-refractivity contribution in [3.05, 3.63) is 108 Å². The average molecular weight is 453 g/mol. The summed E-state index contributed by atoms with van der Waals surface area (Å²) in [5.74, 6) is 0.266. The van der Waals surface area contributed by atoms with E-state index in [-0.39, 0.29) is 5.70 Å². The number of amides is 2. The number of carbonyl (C=O) groups is 2. The molecule has 4 aromatic rings. The van der Waals surface area contributed by atoms with Gasteiger partial charge in [-0.25, -0.2) is 0 Å². The first-order chi connectivity index (χ1) is 16.6. The molecule has 0 saturated carbocycles. The molecule has 4 rings (SSSR count). The van der Waals surface area contributed by atoms with Gasteiger partial charge in [0.2, 0.25) is 0 Å². The van der Waals surface area contributed by atoms with Gasteiger partial charge in [0, 0.05) is 5.56 Å². The standard InChI is InChI=1S/C28H24N2O4/c1-33-22-16-14-20(15-17-22)27(31)30-25(28(32)29-24-12-5-6-13-26(24)34-2)18-21-10-7-9-19-8-3-4-11-23(19)21/h3-18H,1-2H3,(H,29,32)(H,30,31). The highest BCUT2D eigenvalue weighted by atomic mass is 16.5. The molecule has 0 saturated heterocycles. The summed E-state index contributed by atoms with van der Waals surface area (Å²) in [6.45, 7) is 0. The van der Waals surface area contributed by atoms with Crippen LogP contribution >= 0.6 is 0 Å². The van der Waals surface area contributed by atoms with Crippen molar-refractivity contribution in [3.63, 3.8) is 0 Å². The van der Waals surface area contributed by atoms with Gasteiger partial charge in [0.1, 0.15) is 17.2 Å². The Kier molecular flexibility index (Phi) is 6.89. The van der Waals surface area contributed by atoms with Crippen LogP contribution in [0.15, 0.2) is 96.7 Å². The van der Waals surface area contributed by atoms with Gasteiger partial charge in [0.05, 0.1) is 19.9 Å². The second kappa shape index (κ2) is 10.4. The summed E-state index contributed by atoms with van der Waals surface area (Å²) in [6, 6.07) is 27.4. The number of para-hydroxylation sites is 2. The summed E-state index contributed by atoms with van der Waals surface area (Å²) < 4.78 is 10.5. The molecule has 0 aliphatic rings. The smallest absolute Gasteiger partial charge is 0.272 e. The molecule has 0 unspecified atom stereocenters. The molecule has 6 heteroatoms. The monoisotopic (exact) mass is 452 g/mol. The average Bonchev–Trinajstić information content (AvgIpc) is 2.88. The number of methoxy groups -OCH3 is 2. The zero-order valence-corrected chi connectivity index (χ0v) is 18.9. The summed E-state index contributed by atoms with van der Waals surface area (Å²) in [6.07, 6.45) is 1.68. The molecule has 0 heterocycles. The number of anilines is 1. The third-order valence-electron chi connectivity index (χ3n) is 5.32. The molecule has 0 fully saturated rings. The van der Waals surface area contributed by atoms with Crippen molar-refractivity contribution in [3.8, 4) is 11.5 Å². The van der Waals surface area contributed by atoms with Gasteiger partial charge in [-0.1, -0.05) is 54.6 Å². The molecule has 0 radical (unpaired) electrons. The van der Waals surface area contributed by atoms with Crippen LogP contribution in [0.5, 0.6) is 11.5 Å². The van der Waals surface area contributed by atoms with Crippen LogP contribution in [0.2, 0.25) is 0 Å². The van der Waals surface area contributed by atoms with Crippen LogP contribution in [0.1, 0.15) is 15.9 Å². The fraction of sp³-hybridized carbons (Fsp3) is 0.0714. The summed E-state index contributed by atoms with van der Waals surface area (Å²) in [4.78, 5) is 26.3. The number of nitrogens with one attached hydrogen (secondary N) is 2. The molecular formula is C28H24N2O4. The Hall–Kier alpha value is -4.58. The van der Waals surface area contributed by atoms with Crippen molar-refractivity contribution in [1.82, 2.24) is 5.32 Å². The number of rotatable bonds is 7. The number of carbonyl (C=O) groups excluding carboxylic acids is 2. The van der Waals surface area contributed by atoms with E-state index in [1.807, 2.05) is 48.5 Å². The van der Waals surface area contributed by atoms with Gasteiger partial charge in [-0.3, -0.25) is 9.59 Å². The van der Waals surface area contributed by atoms with E-state index >= 15 is 0 Å². The summed E-state index contributed by atoms with van der Waals surface area (Å²) >= 11 is 0. The Labute approximate surface area is 197 Å². The molecule has 34 heavy (non-hydrogen) atoms. The highest BCUT2D eigenvalue weighted by Crippen LogP contribution is 2.25. The van der Waals surface area contributed by atoms with E-state index in [4.69, 9.17) is 9.47 Å². The first-order valence-electron chi connectivity index (χ1n) is 10.7. The van der Waals surface area contributed by atoms with Crippen molar-refractivity contribution in [2.24, 2.45) is 0 Å². The topological polar surface area (TPSA) is 76.7 Å². The molecule has 170 valence electrons. The van der Waals surface area contributed by atoms with Crippen molar-refractivity contribution in [1.29, 1.82) is 0 Å². The van der Waals surface area contributed by atoms with Crippen LogP contribution in [0.3, 0.4) is 0 Å². The summed E-state index contributed by atoms with van der Waals surface area (Å²) in [5, 5.41) is 7.60. The molecule has 0 aliphatic heterocycles. The molecular weight excluding hydrogens is 428 g/mol. The Morgan fingerprint density at radius 2 is 1.47 bits per heavy atom. The van der Waals surface area contributed by atoms with E-state index in [0.29, 0.717) is 22.7 Å². The third-order valence-corrected chi connectivity index (χ3v) is 5.32. The fourth-order valence-corrected chi connectivity index (χ4v) is 3.56. The zero-order chi connectivity index (χ0) is 23.9. The molecule has 0 aliphatic carbocycles. The lowest BCUT2D eigenvalue weighted by Gasteiger charge is -2.14. The zero-order valence-electron chi connectivity index (χ0n) is 18.9. The molecule has 6 nitrogen and oxygen atoms in total. The molecule has 4 aromatic carbocycles. The maximum absolute atomic E-state index is 13.3. The Morgan fingerprint density at radius 1 is 0.765 bits per heavy atom. The van der Waals surface area contributed by atoms with E-state index in [0.717, 1.165) is 16.3 Å². The van der Waals surface area contributed by atoms with Crippen molar-refractivity contribution >= 4 is 34.4 Å². The molecule has 2 amide bonds. The van der Waals surface area contributed by atoms with Gasteiger partial charge >= 0.3 is 0 Å². The summed E-state index contributed by atoms with van der Waals surface area (Å²) in [5.41, 5.74) is 1.80. The Morgan fingerprint density at radius 3 is 2.24 bits per heavy atom. The highest BCUT2D eigenvalue weighted by molar-refractivity contribution is 6.12. The summed E-state index contributed by atoms with van der Waals surface area (Å²) in [7, 11) is 3.09. The number of benzene rings is 4. The number of fused-ring (bicyclic) bond motifs is 1. The van der Waals surface area contributed by atoms with Gasteiger partial charge in [-0.15, -0.1) is 0 Å². The van der Waals surface area contributed by atoms with Crippen LogP contribution in [-0.2, 0) is 4.79 Å². The minimum absolute atomic E-state index is 0.100. The first-order valence-corrected chi connectivity index (χ1v) is 10.7. The minimum Gasteiger partial charge on any atom is -0.497 e.